The van der Waals surface area contributed by atoms with Crippen LogP contribution >= 0.6 is 0 Å². The molecule has 1 aromatic rings. The van der Waals surface area contributed by atoms with Gasteiger partial charge in [0.05, 0.1) is 0 Å². The summed E-state index contributed by atoms with van der Waals surface area (Å²) < 4.78 is 4.68. The van der Waals surface area contributed by atoms with Crippen LogP contribution in [0.4, 0.5) is 0 Å². The molecule has 0 fully saturated rings. The van der Waals surface area contributed by atoms with Crippen molar-refractivity contribution in [2.45, 2.75) is 6.42 Å². The summed E-state index contributed by atoms with van der Waals surface area (Å²) in [5, 5.41) is 0. The molecular formula is C14H10O4. The van der Waals surface area contributed by atoms with Gasteiger partial charge < -0.3 is 4.74 Å². The highest BCUT2D eigenvalue weighted by Gasteiger charge is 2.14. The van der Waals surface area contributed by atoms with Gasteiger partial charge in [-0.15, -0.1) is 0 Å². The summed E-state index contributed by atoms with van der Waals surface area (Å²) in [5.74, 6) is 0.0898. The molecule has 0 saturated heterocycles. The molecule has 0 radical (unpaired) electrons. The van der Waals surface area contributed by atoms with Gasteiger partial charge in [0.2, 0.25) is 0 Å². The van der Waals surface area contributed by atoms with Crippen molar-refractivity contribution in [2.75, 3.05) is 0 Å². The molecule has 0 atom stereocenters. The Labute approximate surface area is 104 Å². The van der Waals surface area contributed by atoms with E-state index in [0.29, 0.717) is 23.4 Å². The Balaban J connectivity index is 2.24. The number of carbonyl (C=O) groups is 3. The third-order valence-electron chi connectivity index (χ3n) is 2.51. The molecule has 0 aromatic heterocycles. The maximum atomic E-state index is 12.1. The molecule has 18 heavy (non-hydrogen) atoms. The van der Waals surface area contributed by atoms with Crippen LogP contribution in [0.2, 0.25) is 0 Å². The van der Waals surface area contributed by atoms with Crippen LogP contribution in [0.3, 0.4) is 0 Å². The molecule has 0 N–H and O–H groups in total. The molecule has 4 nitrogen and oxygen atoms in total. The van der Waals surface area contributed by atoms with Crippen LogP contribution in [-0.2, 0) is 9.59 Å². The number of allylic oxidation sites excluding steroid dienone is 4. The van der Waals surface area contributed by atoms with Gasteiger partial charge in [-0.1, -0.05) is 18.2 Å². The summed E-state index contributed by atoms with van der Waals surface area (Å²) in [6.45, 7) is 0.308. The lowest BCUT2D eigenvalue weighted by molar-refractivity contribution is -0.120. The highest BCUT2D eigenvalue weighted by molar-refractivity contribution is 6.12. The Bertz CT molecular complexity index is 567. The van der Waals surface area contributed by atoms with Crippen LogP contribution in [-0.4, -0.2) is 18.0 Å². The summed E-state index contributed by atoms with van der Waals surface area (Å²) in [5.41, 5.74) is 0.887. The van der Waals surface area contributed by atoms with Gasteiger partial charge in [0.15, 0.2) is 11.6 Å². The number of benzene rings is 1. The predicted octanol–water partition coefficient (Wildman–Crippen LogP) is 1.86. The number of ketones is 2. The van der Waals surface area contributed by atoms with Gasteiger partial charge in [-0.2, -0.15) is 0 Å². The normalized spacial score (nSPS) is 14.0. The lowest BCUT2D eigenvalue weighted by atomic mass is 9.98. The molecule has 1 aromatic carbocycles. The molecule has 1 aliphatic carbocycles. The molecule has 0 unspecified atom stereocenters. The second kappa shape index (κ2) is 5.23. The van der Waals surface area contributed by atoms with Gasteiger partial charge in [0.25, 0.3) is 6.47 Å². The van der Waals surface area contributed by atoms with Crippen molar-refractivity contribution < 1.29 is 19.1 Å². The maximum Gasteiger partial charge on any atom is 0.298 e. The SMILES string of the molecule is O=COc1cccc(C(=O)C2=CCC(=O)C=C2)c1. The monoisotopic (exact) mass is 242 g/mol. The van der Waals surface area contributed by atoms with Crippen molar-refractivity contribution in [3.63, 3.8) is 0 Å². The van der Waals surface area contributed by atoms with E-state index in [1.807, 2.05) is 0 Å². The Morgan fingerprint density at radius 2 is 2.11 bits per heavy atom. The number of hydrogen-bond donors (Lipinski definition) is 0. The molecule has 0 bridgehead atoms. The maximum absolute atomic E-state index is 12.1. The molecule has 2 rings (SSSR count). The quantitative estimate of drug-likeness (QED) is 0.597. The summed E-state index contributed by atoms with van der Waals surface area (Å²) in [6, 6.07) is 6.33. The molecule has 1 aliphatic rings. The van der Waals surface area contributed by atoms with E-state index in [2.05, 4.69) is 4.74 Å². The first-order chi connectivity index (χ1) is 8.70. The molecule has 0 amide bonds. The van der Waals surface area contributed by atoms with E-state index in [0.717, 1.165) is 0 Å². The van der Waals surface area contributed by atoms with E-state index in [-0.39, 0.29) is 18.0 Å². The third-order valence-corrected chi connectivity index (χ3v) is 2.51. The third kappa shape index (κ3) is 2.60. The van der Waals surface area contributed by atoms with Crippen LogP contribution in [0, 0.1) is 0 Å². The number of Topliss-reactive ketones (excluding diaryl/α,β-unsaturated/α-hetero) is 1. The molecule has 90 valence electrons. The van der Waals surface area contributed by atoms with Gasteiger partial charge >= 0.3 is 0 Å². The Hall–Kier alpha value is -2.49. The Morgan fingerprint density at radius 1 is 1.28 bits per heavy atom. The fourth-order valence-electron chi connectivity index (χ4n) is 1.63. The molecule has 0 spiro atoms. The zero-order valence-electron chi connectivity index (χ0n) is 9.46. The summed E-state index contributed by atoms with van der Waals surface area (Å²) >= 11 is 0. The number of hydrogen-bond acceptors (Lipinski definition) is 4. The molecular weight excluding hydrogens is 232 g/mol. The van der Waals surface area contributed by atoms with Crippen molar-refractivity contribution in [1.29, 1.82) is 0 Å². The average molecular weight is 242 g/mol. The lowest BCUT2D eigenvalue weighted by Crippen LogP contribution is -2.06. The molecule has 4 heteroatoms. The molecule has 0 saturated carbocycles. The second-order valence-electron chi connectivity index (χ2n) is 3.73. The first-order valence-corrected chi connectivity index (χ1v) is 5.37. The van der Waals surface area contributed by atoms with E-state index < -0.39 is 0 Å². The fraction of sp³-hybridized carbons (Fsp3) is 0.0714. The highest BCUT2D eigenvalue weighted by atomic mass is 16.5. The van der Waals surface area contributed by atoms with E-state index in [9.17, 15) is 14.4 Å². The average Bonchev–Trinajstić information content (AvgIpc) is 2.39. The summed E-state index contributed by atoms with van der Waals surface area (Å²) in [4.78, 5) is 33.3. The predicted molar refractivity (Wildman–Crippen MR) is 64.3 cm³/mol. The highest BCUT2D eigenvalue weighted by Crippen LogP contribution is 2.18. The zero-order chi connectivity index (χ0) is 13.0. The van der Waals surface area contributed by atoms with Gasteiger partial charge in [-0.25, -0.2) is 0 Å². The molecule has 0 aliphatic heterocycles. The van der Waals surface area contributed by atoms with Gasteiger partial charge in [0.1, 0.15) is 5.75 Å². The van der Waals surface area contributed by atoms with Crippen LogP contribution in [0.25, 0.3) is 0 Å². The van der Waals surface area contributed by atoms with Gasteiger partial charge in [-0.05, 0) is 24.3 Å². The van der Waals surface area contributed by atoms with Crippen molar-refractivity contribution in [3.8, 4) is 5.75 Å². The van der Waals surface area contributed by atoms with E-state index in [1.165, 1.54) is 18.2 Å². The number of ether oxygens (including phenoxy) is 1. The first kappa shape index (κ1) is 12.0. The van der Waals surface area contributed by atoms with E-state index in [1.54, 1.807) is 24.3 Å². The van der Waals surface area contributed by atoms with Crippen LogP contribution in [0.15, 0.2) is 48.1 Å². The van der Waals surface area contributed by atoms with Crippen LogP contribution in [0.1, 0.15) is 16.8 Å². The minimum Gasteiger partial charge on any atom is -0.429 e. The van der Waals surface area contributed by atoms with Crippen molar-refractivity contribution >= 4 is 18.0 Å². The molecule has 0 heterocycles. The summed E-state index contributed by atoms with van der Waals surface area (Å²) in [7, 11) is 0. The number of carbonyl (C=O) groups excluding carboxylic acids is 3. The summed E-state index contributed by atoms with van der Waals surface area (Å²) in [6.07, 6.45) is 4.72. The largest absolute Gasteiger partial charge is 0.429 e. The second-order valence-corrected chi connectivity index (χ2v) is 3.73. The first-order valence-electron chi connectivity index (χ1n) is 5.37. The standard InChI is InChI=1S/C14H10O4/c15-9-18-13-3-1-2-11(8-13)14(17)10-4-6-12(16)7-5-10/h1-6,8-9H,7H2. The van der Waals surface area contributed by atoms with Crippen molar-refractivity contribution in [3.05, 3.63) is 53.6 Å². The topological polar surface area (TPSA) is 60.4 Å². The van der Waals surface area contributed by atoms with Crippen LogP contribution < -0.4 is 4.74 Å². The minimum absolute atomic E-state index is 0.0235. The van der Waals surface area contributed by atoms with E-state index >= 15 is 0 Å². The van der Waals surface area contributed by atoms with Crippen molar-refractivity contribution in [2.24, 2.45) is 0 Å². The minimum atomic E-state index is -0.199. The number of rotatable bonds is 4. The van der Waals surface area contributed by atoms with Crippen molar-refractivity contribution in [1.82, 2.24) is 0 Å². The van der Waals surface area contributed by atoms with E-state index in [4.69, 9.17) is 0 Å². The lowest BCUT2D eigenvalue weighted by Gasteiger charge is -2.06. The smallest absolute Gasteiger partial charge is 0.298 e. The Morgan fingerprint density at radius 3 is 2.78 bits per heavy atom. The fourth-order valence-corrected chi connectivity index (χ4v) is 1.63. The van der Waals surface area contributed by atoms with Gasteiger partial charge in [-0.3, -0.25) is 14.4 Å². The van der Waals surface area contributed by atoms with Crippen LogP contribution in [0.5, 0.6) is 5.75 Å². The van der Waals surface area contributed by atoms with Gasteiger partial charge in [0, 0.05) is 17.6 Å². The zero-order valence-corrected chi connectivity index (χ0v) is 9.46. The Kier molecular flexibility index (Phi) is 3.48.